The second-order valence-electron chi connectivity index (χ2n) is 7.94. The van der Waals surface area contributed by atoms with Gasteiger partial charge >= 0.3 is 10.2 Å². The highest BCUT2D eigenvalue weighted by molar-refractivity contribution is 7.87. The van der Waals surface area contributed by atoms with E-state index in [1.165, 1.54) is 14.1 Å². The van der Waals surface area contributed by atoms with Crippen LogP contribution >= 0.6 is 11.6 Å². The van der Waals surface area contributed by atoms with E-state index in [-0.39, 0.29) is 11.9 Å². The number of guanidine groups is 1. The first-order valence-electron chi connectivity index (χ1n) is 10.2. The molecular formula is C22H29ClN6O2S. The van der Waals surface area contributed by atoms with Crippen LogP contribution in [0.25, 0.3) is 0 Å². The molecule has 32 heavy (non-hydrogen) atoms. The predicted molar refractivity (Wildman–Crippen MR) is 130 cm³/mol. The normalized spacial score (nSPS) is 17.2. The van der Waals surface area contributed by atoms with Gasteiger partial charge in [0.15, 0.2) is 0 Å². The summed E-state index contributed by atoms with van der Waals surface area (Å²) in [6.07, 6.45) is 0. The number of likely N-dealkylation sites (N-methyl/N-ethyl adjacent to an activating group) is 1. The van der Waals surface area contributed by atoms with Gasteiger partial charge in [0, 0.05) is 31.6 Å². The molecule has 2 aromatic carbocycles. The van der Waals surface area contributed by atoms with Gasteiger partial charge in [-0.05, 0) is 37.4 Å². The zero-order valence-electron chi connectivity index (χ0n) is 18.7. The number of rotatable bonds is 7. The van der Waals surface area contributed by atoms with Crippen molar-refractivity contribution in [2.75, 3.05) is 47.8 Å². The maximum Gasteiger partial charge on any atom is 0.303 e. The van der Waals surface area contributed by atoms with Crippen LogP contribution in [0.5, 0.6) is 0 Å². The van der Waals surface area contributed by atoms with Gasteiger partial charge in [-0.2, -0.15) is 17.8 Å². The van der Waals surface area contributed by atoms with E-state index >= 15 is 0 Å². The molecule has 3 rings (SSSR count). The highest BCUT2D eigenvalue weighted by atomic mass is 35.5. The van der Waals surface area contributed by atoms with Crippen molar-refractivity contribution in [1.29, 1.82) is 0 Å². The van der Waals surface area contributed by atoms with Crippen LogP contribution in [0.3, 0.4) is 0 Å². The minimum Gasteiger partial charge on any atom is -0.308 e. The van der Waals surface area contributed by atoms with E-state index < -0.39 is 10.2 Å². The lowest BCUT2D eigenvalue weighted by molar-refractivity contribution is 0.414. The molecule has 1 aliphatic heterocycles. The molecule has 0 amide bonds. The molecule has 0 bridgehead atoms. The first kappa shape index (κ1) is 24.2. The minimum atomic E-state index is -3.74. The number of benzene rings is 2. The Balaban J connectivity index is 2.00. The van der Waals surface area contributed by atoms with Gasteiger partial charge < -0.3 is 4.90 Å². The number of hydrogen-bond donors (Lipinski definition) is 1. The summed E-state index contributed by atoms with van der Waals surface area (Å²) in [7, 11) is 3.08. The third-order valence-electron chi connectivity index (χ3n) is 5.01. The molecule has 0 spiro atoms. The van der Waals surface area contributed by atoms with Crippen LogP contribution in [0.15, 0.2) is 64.7 Å². The van der Waals surface area contributed by atoms with Crippen molar-refractivity contribution < 1.29 is 8.42 Å². The van der Waals surface area contributed by atoms with E-state index in [0.717, 1.165) is 21.1 Å². The van der Waals surface area contributed by atoms with Gasteiger partial charge in [-0.3, -0.25) is 0 Å². The Morgan fingerprint density at radius 2 is 1.78 bits per heavy atom. The lowest BCUT2D eigenvalue weighted by Crippen LogP contribution is -2.46. The fourth-order valence-electron chi connectivity index (χ4n) is 3.19. The van der Waals surface area contributed by atoms with Crippen LogP contribution in [0.4, 0.5) is 0 Å². The molecule has 1 unspecified atom stereocenters. The second-order valence-corrected chi connectivity index (χ2v) is 10.3. The van der Waals surface area contributed by atoms with E-state index in [1.54, 1.807) is 5.01 Å². The standard InChI is InChI=1S/C22H29ClN6O2S/c1-27(2)15-14-24-22(26-32(30,31)28(3)4)29-16-20(17-8-6-5-7-9-17)21(25-29)18-10-12-19(23)13-11-18/h5-13,20H,14-16H2,1-4H3,(H,24,26). The summed E-state index contributed by atoms with van der Waals surface area (Å²) in [5.74, 6) is 0.144. The molecule has 1 heterocycles. The van der Waals surface area contributed by atoms with Gasteiger partial charge in [0.25, 0.3) is 0 Å². The van der Waals surface area contributed by atoms with Gasteiger partial charge in [0.2, 0.25) is 5.96 Å². The average Bonchev–Trinajstić information content (AvgIpc) is 3.19. The Morgan fingerprint density at radius 1 is 1.12 bits per heavy atom. The SMILES string of the molecule is CN(C)CCN=C(NS(=O)(=O)N(C)C)N1CC(c2ccccc2)C(c2ccc(Cl)cc2)=N1. The number of halogens is 1. The van der Waals surface area contributed by atoms with Gasteiger partial charge in [-0.25, -0.2) is 14.7 Å². The molecule has 1 atom stereocenters. The number of nitrogens with zero attached hydrogens (tertiary/aromatic N) is 5. The predicted octanol–water partition coefficient (Wildman–Crippen LogP) is 2.46. The van der Waals surface area contributed by atoms with E-state index in [4.69, 9.17) is 16.7 Å². The van der Waals surface area contributed by atoms with Crippen molar-refractivity contribution in [2.24, 2.45) is 10.1 Å². The summed E-state index contributed by atoms with van der Waals surface area (Å²) in [4.78, 5) is 6.53. The molecule has 2 aromatic rings. The molecule has 172 valence electrons. The average molecular weight is 477 g/mol. The fraction of sp³-hybridized carbons (Fsp3) is 0.364. The van der Waals surface area contributed by atoms with Crippen LogP contribution in [0.2, 0.25) is 5.02 Å². The quantitative estimate of drug-likeness (QED) is 0.491. The van der Waals surface area contributed by atoms with Gasteiger partial charge in [0.1, 0.15) is 0 Å². The van der Waals surface area contributed by atoms with Crippen LogP contribution < -0.4 is 4.72 Å². The van der Waals surface area contributed by atoms with Crippen molar-refractivity contribution in [3.63, 3.8) is 0 Å². The highest BCUT2D eigenvalue weighted by Crippen LogP contribution is 2.29. The van der Waals surface area contributed by atoms with Crippen molar-refractivity contribution in [1.82, 2.24) is 18.9 Å². The minimum absolute atomic E-state index is 0.0553. The highest BCUT2D eigenvalue weighted by Gasteiger charge is 2.33. The maximum absolute atomic E-state index is 12.6. The molecule has 1 aliphatic rings. The Bertz CT molecular complexity index is 1070. The molecule has 0 radical (unpaired) electrons. The monoisotopic (exact) mass is 476 g/mol. The van der Waals surface area contributed by atoms with Crippen LogP contribution in [0.1, 0.15) is 17.0 Å². The molecule has 0 aliphatic carbocycles. The first-order valence-corrected chi connectivity index (χ1v) is 12.1. The zero-order chi connectivity index (χ0) is 23.3. The van der Waals surface area contributed by atoms with E-state index in [2.05, 4.69) is 9.71 Å². The largest absolute Gasteiger partial charge is 0.308 e. The van der Waals surface area contributed by atoms with Crippen molar-refractivity contribution in [3.8, 4) is 0 Å². The molecule has 0 saturated heterocycles. The lowest BCUT2D eigenvalue weighted by atomic mass is 9.91. The van der Waals surface area contributed by atoms with E-state index in [9.17, 15) is 8.42 Å². The number of nitrogens with one attached hydrogen (secondary N) is 1. The third kappa shape index (κ3) is 6.07. The molecule has 10 heteroatoms. The second kappa shape index (κ2) is 10.4. The smallest absolute Gasteiger partial charge is 0.303 e. The number of hydrazone groups is 1. The third-order valence-corrected chi connectivity index (χ3v) is 6.66. The topological polar surface area (TPSA) is 80.6 Å². The summed E-state index contributed by atoms with van der Waals surface area (Å²) in [5, 5.41) is 7.09. The molecule has 0 saturated carbocycles. The van der Waals surface area contributed by atoms with E-state index in [0.29, 0.717) is 24.7 Å². The first-order chi connectivity index (χ1) is 15.2. The molecular weight excluding hydrogens is 448 g/mol. The van der Waals surface area contributed by atoms with Crippen LogP contribution in [-0.2, 0) is 10.2 Å². The summed E-state index contributed by atoms with van der Waals surface area (Å²) in [6, 6.07) is 17.5. The Kier molecular flexibility index (Phi) is 7.89. The number of aliphatic imine (C=N–C) groups is 1. The van der Waals surface area contributed by atoms with Crippen LogP contribution in [-0.4, -0.2) is 82.1 Å². The lowest BCUT2D eigenvalue weighted by Gasteiger charge is -2.21. The zero-order valence-corrected chi connectivity index (χ0v) is 20.3. The number of hydrogen-bond acceptors (Lipinski definition) is 5. The van der Waals surface area contributed by atoms with Crippen molar-refractivity contribution in [2.45, 2.75) is 5.92 Å². The molecule has 8 nitrogen and oxygen atoms in total. The van der Waals surface area contributed by atoms with Crippen LogP contribution in [0, 0.1) is 0 Å². The Hall–Kier alpha value is -2.46. The Labute approximate surface area is 195 Å². The summed E-state index contributed by atoms with van der Waals surface area (Å²) >= 11 is 6.08. The fourth-order valence-corrected chi connectivity index (χ4v) is 3.90. The van der Waals surface area contributed by atoms with Gasteiger partial charge in [-0.1, -0.05) is 54.1 Å². The Morgan fingerprint density at radius 3 is 2.38 bits per heavy atom. The summed E-state index contributed by atoms with van der Waals surface area (Å²) < 4.78 is 28.8. The molecule has 0 fully saturated rings. The molecule has 1 N–H and O–H groups in total. The maximum atomic E-state index is 12.6. The van der Waals surface area contributed by atoms with E-state index in [1.807, 2.05) is 73.6 Å². The van der Waals surface area contributed by atoms with Gasteiger partial charge in [-0.15, -0.1) is 0 Å². The summed E-state index contributed by atoms with van der Waals surface area (Å²) in [5.41, 5.74) is 2.85. The van der Waals surface area contributed by atoms with Crippen molar-refractivity contribution >= 4 is 33.5 Å². The van der Waals surface area contributed by atoms with Gasteiger partial charge in [0.05, 0.1) is 18.8 Å². The molecule has 0 aromatic heterocycles. The summed E-state index contributed by atoms with van der Waals surface area (Å²) in [6.45, 7) is 1.56. The van der Waals surface area contributed by atoms with Crippen molar-refractivity contribution in [3.05, 3.63) is 70.7 Å².